The number of hydrogen-bond donors (Lipinski definition) is 2. The minimum Gasteiger partial charge on any atom is -0.375 e. The maximum atomic E-state index is 13.6. The summed E-state index contributed by atoms with van der Waals surface area (Å²) in [5.41, 5.74) is 0.510. The Bertz CT molecular complexity index is 872. The van der Waals surface area contributed by atoms with Gasteiger partial charge >= 0.3 is 0 Å². The normalized spacial score (nSPS) is 19.3. The Labute approximate surface area is 185 Å². The molecule has 2 fully saturated rings. The summed E-state index contributed by atoms with van der Waals surface area (Å²) in [6.07, 6.45) is 5.48. The molecule has 31 heavy (non-hydrogen) atoms. The zero-order chi connectivity index (χ0) is 21.7. The second kappa shape index (κ2) is 9.65. The van der Waals surface area contributed by atoms with Crippen molar-refractivity contribution in [2.24, 2.45) is 5.92 Å². The standard InChI is InChI=1S/C26H33N3O2/c27-24(16-15-21-9-3-1-4-10-21)28-17-19-29(20-18-28)25(30)26(31,23-13-7-8-14-23)22-11-5-2-6-12-22/h1-6,9-12,23,27,31H,7-8,13-20H2. The number of amides is 1. The summed E-state index contributed by atoms with van der Waals surface area (Å²) in [5.74, 6) is 0.440. The SMILES string of the molecule is N=C(CCc1ccccc1)N1CCN(C(=O)C(O)(c2ccccc2)C2CCCC2)CC1. The third-order valence-electron chi connectivity index (χ3n) is 6.93. The van der Waals surface area contributed by atoms with Crippen LogP contribution in [0.5, 0.6) is 0 Å². The van der Waals surface area contributed by atoms with Crippen molar-refractivity contribution >= 4 is 11.7 Å². The van der Waals surface area contributed by atoms with Gasteiger partial charge in [0.2, 0.25) is 0 Å². The van der Waals surface area contributed by atoms with Gasteiger partial charge in [-0.05, 0) is 30.4 Å². The number of aryl methyl sites for hydroxylation is 1. The van der Waals surface area contributed by atoms with Gasteiger partial charge in [-0.1, -0.05) is 73.5 Å². The number of nitrogens with zero attached hydrogens (tertiary/aromatic N) is 2. The second-order valence-corrected chi connectivity index (χ2v) is 8.83. The fraction of sp³-hybridized carbons (Fsp3) is 0.462. The zero-order valence-corrected chi connectivity index (χ0v) is 18.2. The van der Waals surface area contributed by atoms with E-state index >= 15 is 0 Å². The Morgan fingerprint density at radius 1 is 0.903 bits per heavy atom. The molecular weight excluding hydrogens is 386 g/mol. The molecule has 2 aromatic rings. The van der Waals surface area contributed by atoms with Crippen LogP contribution in [-0.4, -0.2) is 52.8 Å². The van der Waals surface area contributed by atoms with Gasteiger partial charge in [-0.2, -0.15) is 0 Å². The molecule has 1 amide bonds. The summed E-state index contributed by atoms with van der Waals surface area (Å²) >= 11 is 0. The molecule has 1 aliphatic heterocycles. The highest BCUT2D eigenvalue weighted by Gasteiger charge is 2.48. The van der Waals surface area contributed by atoms with Crippen molar-refractivity contribution in [3.8, 4) is 0 Å². The molecule has 2 aromatic carbocycles. The molecule has 164 valence electrons. The Morgan fingerprint density at radius 2 is 1.45 bits per heavy atom. The summed E-state index contributed by atoms with van der Waals surface area (Å²) in [5, 5.41) is 20.2. The molecule has 1 atom stereocenters. The van der Waals surface area contributed by atoms with Gasteiger partial charge in [-0.3, -0.25) is 10.2 Å². The third-order valence-corrected chi connectivity index (χ3v) is 6.93. The van der Waals surface area contributed by atoms with Gasteiger partial charge in [0.05, 0.1) is 5.84 Å². The maximum Gasteiger partial charge on any atom is 0.259 e. The number of carbonyl (C=O) groups is 1. The van der Waals surface area contributed by atoms with E-state index in [1.807, 2.05) is 53.4 Å². The predicted molar refractivity (Wildman–Crippen MR) is 123 cm³/mol. The van der Waals surface area contributed by atoms with Crippen molar-refractivity contribution in [1.29, 1.82) is 5.41 Å². The molecule has 1 saturated heterocycles. The van der Waals surface area contributed by atoms with Crippen LogP contribution in [0.1, 0.15) is 43.2 Å². The molecule has 1 aliphatic carbocycles. The molecule has 2 aliphatic rings. The Balaban J connectivity index is 1.38. The van der Waals surface area contributed by atoms with Crippen LogP contribution in [0.15, 0.2) is 60.7 Å². The summed E-state index contributed by atoms with van der Waals surface area (Å²) < 4.78 is 0. The number of nitrogens with one attached hydrogen (secondary N) is 1. The highest BCUT2D eigenvalue weighted by Crippen LogP contribution is 2.42. The maximum absolute atomic E-state index is 13.6. The molecule has 0 spiro atoms. The van der Waals surface area contributed by atoms with E-state index in [0.29, 0.717) is 44.0 Å². The van der Waals surface area contributed by atoms with Crippen molar-refractivity contribution in [2.75, 3.05) is 26.2 Å². The molecule has 5 heteroatoms. The lowest BCUT2D eigenvalue weighted by Gasteiger charge is -2.42. The van der Waals surface area contributed by atoms with E-state index in [9.17, 15) is 9.90 Å². The minimum absolute atomic E-state index is 0.0235. The molecule has 0 bridgehead atoms. The van der Waals surface area contributed by atoms with Gasteiger partial charge in [-0.25, -0.2) is 0 Å². The largest absolute Gasteiger partial charge is 0.375 e. The molecular formula is C26H33N3O2. The molecule has 0 aromatic heterocycles. The van der Waals surface area contributed by atoms with Gasteiger partial charge in [0, 0.05) is 38.5 Å². The molecule has 1 saturated carbocycles. The summed E-state index contributed by atoms with van der Waals surface area (Å²) in [6, 6.07) is 19.7. The van der Waals surface area contributed by atoms with E-state index in [2.05, 4.69) is 17.0 Å². The van der Waals surface area contributed by atoms with Crippen LogP contribution in [0.2, 0.25) is 0 Å². The Hall–Kier alpha value is -2.66. The van der Waals surface area contributed by atoms with Crippen LogP contribution in [0, 0.1) is 11.3 Å². The van der Waals surface area contributed by atoms with Crippen molar-refractivity contribution in [1.82, 2.24) is 9.80 Å². The van der Waals surface area contributed by atoms with Crippen LogP contribution >= 0.6 is 0 Å². The van der Waals surface area contributed by atoms with Crippen LogP contribution in [0.3, 0.4) is 0 Å². The van der Waals surface area contributed by atoms with Crippen LogP contribution < -0.4 is 0 Å². The van der Waals surface area contributed by atoms with Crippen LogP contribution in [0.25, 0.3) is 0 Å². The van der Waals surface area contributed by atoms with Crippen LogP contribution in [0.4, 0.5) is 0 Å². The minimum atomic E-state index is -1.44. The van der Waals surface area contributed by atoms with E-state index in [4.69, 9.17) is 5.41 Å². The molecule has 1 unspecified atom stereocenters. The average Bonchev–Trinajstić information content (AvgIpc) is 3.38. The number of benzene rings is 2. The lowest BCUT2D eigenvalue weighted by molar-refractivity contribution is -0.160. The first kappa shape index (κ1) is 21.6. The van der Waals surface area contributed by atoms with Crippen molar-refractivity contribution in [3.63, 3.8) is 0 Å². The van der Waals surface area contributed by atoms with E-state index in [1.165, 1.54) is 5.56 Å². The monoisotopic (exact) mass is 419 g/mol. The Kier molecular flexibility index (Phi) is 6.71. The second-order valence-electron chi connectivity index (χ2n) is 8.83. The van der Waals surface area contributed by atoms with Crippen molar-refractivity contribution in [2.45, 2.75) is 44.1 Å². The highest BCUT2D eigenvalue weighted by atomic mass is 16.3. The molecule has 0 radical (unpaired) electrons. The number of piperazine rings is 1. The fourth-order valence-corrected chi connectivity index (χ4v) is 5.06. The highest BCUT2D eigenvalue weighted by molar-refractivity contribution is 5.87. The zero-order valence-electron chi connectivity index (χ0n) is 18.2. The molecule has 5 nitrogen and oxygen atoms in total. The molecule has 4 rings (SSSR count). The van der Waals surface area contributed by atoms with E-state index < -0.39 is 5.60 Å². The van der Waals surface area contributed by atoms with E-state index in [-0.39, 0.29) is 11.8 Å². The average molecular weight is 420 g/mol. The van der Waals surface area contributed by atoms with Gasteiger partial charge in [0.25, 0.3) is 5.91 Å². The topological polar surface area (TPSA) is 67.6 Å². The number of amidine groups is 1. The molecule has 1 heterocycles. The number of aliphatic hydroxyl groups is 1. The van der Waals surface area contributed by atoms with Gasteiger partial charge < -0.3 is 14.9 Å². The van der Waals surface area contributed by atoms with Crippen LogP contribution in [-0.2, 0) is 16.8 Å². The third kappa shape index (κ3) is 4.67. The fourth-order valence-electron chi connectivity index (χ4n) is 5.06. The first-order valence-corrected chi connectivity index (χ1v) is 11.5. The summed E-state index contributed by atoms with van der Waals surface area (Å²) in [4.78, 5) is 17.5. The lowest BCUT2D eigenvalue weighted by atomic mass is 9.79. The number of carbonyl (C=O) groups excluding carboxylic acids is 1. The summed E-state index contributed by atoms with van der Waals surface area (Å²) in [6.45, 7) is 2.40. The smallest absolute Gasteiger partial charge is 0.259 e. The number of hydrogen-bond acceptors (Lipinski definition) is 3. The van der Waals surface area contributed by atoms with Crippen molar-refractivity contribution < 1.29 is 9.90 Å². The number of rotatable bonds is 6. The lowest BCUT2D eigenvalue weighted by Crippen LogP contribution is -2.57. The summed E-state index contributed by atoms with van der Waals surface area (Å²) in [7, 11) is 0. The predicted octanol–water partition coefficient (Wildman–Crippen LogP) is 3.82. The van der Waals surface area contributed by atoms with E-state index in [1.54, 1.807) is 0 Å². The Morgan fingerprint density at radius 3 is 2.06 bits per heavy atom. The van der Waals surface area contributed by atoms with Crippen molar-refractivity contribution in [3.05, 3.63) is 71.8 Å². The van der Waals surface area contributed by atoms with Gasteiger partial charge in [0.15, 0.2) is 5.60 Å². The van der Waals surface area contributed by atoms with Gasteiger partial charge in [0.1, 0.15) is 0 Å². The first-order valence-electron chi connectivity index (χ1n) is 11.5. The van der Waals surface area contributed by atoms with E-state index in [0.717, 1.165) is 32.1 Å². The van der Waals surface area contributed by atoms with Gasteiger partial charge in [-0.15, -0.1) is 0 Å². The first-order chi connectivity index (χ1) is 15.1. The molecule has 2 N–H and O–H groups in total. The quantitative estimate of drug-likeness (QED) is 0.553.